The van der Waals surface area contributed by atoms with Gasteiger partial charge in [-0.05, 0) is 38.1 Å². The number of ketones is 1. The maximum Gasteiger partial charge on any atom is 0.245 e. The van der Waals surface area contributed by atoms with Gasteiger partial charge in [-0.1, -0.05) is 6.07 Å². The average Bonchev–Trinajstić information content (AvgIpc) is 3.30. The molecule has 0 bridgehead atoms. The summed E-state index contributed by atoms with van der Waals surface area (Å²) in [6.07, 6.45) is 5.79. The van der Waals surface area contributed by atoms with Crippen LogP contribution in [0.2, 0.25) is 0 Å². The Kier molecular flexibility index (Phi) is 6.92. The van der Waals surface area contributed by atoms with E-state index in [2.05, 4.69) is 29.9 Å². The van der Waals surface area contributed by atoms with E-state index in [4.69, 9.17) is 9.47 Å². The van der Waals surface area contributed by atoms with Gasteiger partial charge in [-0.3, -0.25) is 24.1 Å². The number of para-hydroxylation sites is 1. The molecule has 0 aliphatic carbocycles. The summed E-state index contributed by atoms with van der Waals surface area (Å²) in [6, 6.07) is 8.55. The minimum absolute atomic E-state index is 0.0672. The van der Waals surface area contributed by atoms with Gasteiger partial charge in [-0.15, -0.1) is 10.2 Å². The molecular weight excluding hydrogens is 486 g/mol. The molecule has 0 amide bonds. The Bertz CT molecular complexity index is 1470. The second-order valence-electron chi connectivity index (χ2n) is 7.63. The molecule has 0 fully saturated rings. The van der Waals surface area contributed by atoms with Crippen LogP contribution in [0.25, 0.3) is 17.1 Å². The lowest BCUT2D eigenvalue weighted by Gasteiger charge is -2.18. The van der Waals surface area contributed by atoms with Crippen LogP contribution in [0.4, 0.5) is 5.95 Å². The molecule has 4 rings (SSSR count). The molecule has 1 N–H and O–H groups in total. The zero-order valence-corrected chi connectivity index (χ0v) is 20.7. The van der Waals surface area contributed by atoms with E-state index in [0.29, 0.717) is 28.4 Å². The number of aromatic nitrogens is 6. The van der Waals surface area contributed by atoms with Gasteiger partial charge in [0.2, 0.25) is 21.8 Å². The van der Waals surface area contributed by atoms with Gasteiger partial charge in [0.15, 0.2) is 5.82 Å². The maximum atomic E-state index is 13.3. The van der Waals surface area contributed by atoms with Gasteiger partial charge in [0.1, 0.15) is 28.1 Å². The second kappa shape index (κ2) is 10.1. The molecule has 0 unspecified atom stereocenters. The van der Waals surface area contributed by atoms with Crippen LogP contribution in [0.15, 0.2) is 55.1 Å². The number of nitrogens with one attached hydrogen (secondary N) is 1. The Morgan fingerprint density at radius 1 is 1.00 bits per heavy atom. The molecule has 0 aliphatic heterocycles. The predicted molar refractivity (Wildman–Crippen MR) is 131 cm³/mol. The third-order valence-electron chi connectivity index (χ3n) is 5.31. The van der Waals surface area contributed by atoms with Crippen LogP contribution >= 0.6 is 0 Å². The average molecular weight is 510 g/mol. The van der Waals surface area contributed by atoms with Crippen molar-refractivity contribution in [3.8, 4) is 28.6 Å². The Labute approximate surface area is 207 Å². The molecule has 0 radical (unpaired) electrons. The minimum atomic E-state index is -4.30. The molecular formula is C23H23N7O5S. The van der Waals surface area contributed by atoms with Crippen molar-refractivity contribution >= 4 is 21.8 Å². The van der Waals surface area contributed by atoms with Crippen molar-refractivity contribution in [3.05, 3.63) is 66.5 Å². The Balaban J connectivity index is 1.82. The summed E-state index contributed by atoms with van der Waals surface area (Å²) in [7, 11) is -1.35. The summed E-state index contributed by atoms with van der Waals surface area (Å²) in [4.78, 5) is 25.0. The van der Waals surface area contributed by atoms with E-state index in [1.165, 1.54) is 38.1 Å². The van der Waals surface area contributed by atoms with Gasteiger partial charge in [0.25, 0.3) is 0 Å². The number of Topliss-reactive ketones (excluding diaryl/α,β-unsaturated/α-hetero) is 1. The lowest BCUT2D eigenvalue weighted by atomic mass is 10.2. The van der Waals surface area contributed by atoms with E-state index in [9.17, 15) is 13.2 Å². The van der Waals surface area contributed by atoms with E-state index >= 15 is 0 Å². The van der Waals surface area contributed by atoms with Gasteiger partial charge in [-0.25, -0.2) is 13.4 Å². The number of ether oxygens (including phenoxy) is 2. The number of sulfonamides is 1. The number of rotatable bonds is 9. The van der Waals surface area contributed by atoms with Crippen molar-refractivity contribution in [2.45, 2.75) is 19.1 Å². The minimum Gasteiger partial charge on any atom is -0.494 e. The van der Waals surface area contributed by atoms with Crippen molar-refractivity contribution in [3.63, 3.8) is 0 Å². The standard InChI is InChI=1S/C23H23N7O5S/c1-14-11-26-17(13-25-14)21(31)15(2)36(32,33)29-23-28-27-22(16-7-6-10-24-12-16)30(23)20-18(34-3)8-5-9-19(20)35-4/h5-13,15H,1-4H3,(H,28,29)/t15-/m1/s1. The zero-order chi connectivity index (χ0) is 25.9. The highest BCUT2D eigenvalue weighted by Gasteiger charge is 2.33. The summed E-state index contributed by atoms with van der Waals surface area (Å²) in [5.74, 6) is 0.124. The van der Waals surface area contributed by atoms with Crippen LogP contribution in [0.1, 0.15) is 23.1 Å². The van der Waals surface area contributed by atoms with E-state index < -0.39 is 21.1 Å². The topological polar surface area (TPSA) is 151 Å². The summed E-state index contributed by atoms with van der Waals surface area (Å²) < 4.78 is 41.5. The van der Waals surface area contributed by atoms with Gasteiger partial charge in [-0.2, -0.15) is 0 Å². The number of benzene rings is 1. The number of hydrogen-bond acceptors (Lipinski definition) is 10. The lowest BCUT2D eigenvalue weighted by Crippen LogP contribution is -2.33. The SMILES string of the molecule is COc1cccc(OC)c1-n1c(NS(=O)(=O)[C@H](C)C(=O)c2cnc(C)cn2)nnc1-c1cccnc1. The number of pyridine rings is 1. The molecule has 12 nitrogen and oxygen atoms in total. The second-order valence-corrected chi connectivity index (χ2v) is 9.63. The third kappa shape index (κ3) is 4.73. The molecule has 1 atom stereocenters. The van der Waals surface area contributed by atoms with Crippen molar-refractivity contribution in [2.24, 2.45) is 0 Å². The smallest absolute Gasteiger partial charge is 0.245 e. The lowest BCUT2D eigenvalue weighted by molar-refractivity contribution is 0.0986. The highest BCUT2D eigenvalue weighted by molar-refractivity contribution is 7.94. The van der Waals surface area contributed by atoms with Gasteiger partial charge in [0, 0.05) is 24.2 Å². The molecule has 0 aliphatic rings. The number of methoxy groups -OCH3 is 2. The largest absolute Gasteiger partial charge is 0.494 e. The highest BCUT2D eigenvalue weighted by Crippen LogP contribution is 2.37. The van der Waals surface area contributed by atoms with Gasteiger partial charge in [0.05, 0.1) is 26.1 Å². The first kappa shape index (κ1) is 24.7. The summed E-state index contributed by atoms with van der Waals surface area (Å²) in [6.45, 7) is 2.97. The Morgan fingerprint density at radius 2 is 1.72 bits per heavy atom. The monoisotopic (exact) mass is 509 g/mol. The first-order valence-corrected chi connectivity index (χ1v) is 12.2. The fourth-order valence-corrected chi connectivity index (χ4v) is 4.35. The van der Waals surface area contributed by atoms with Crippen LogP contribution in [-0.2, 0) is 10.0 Å². The Hall–Kier alpha value is -4.39. The van der Waals surface area contributed by atoms with Crippen molar-refractivity contribution in [1.82, 2.24) is 29.7 Å². The molecule has 3 heterocycles. The van der Waals surface area contributed by atoms with Gasteiger partial charge < -0.3 is 9.47 Å². The Morgan fingerprint density at radius 3 is 2.31 bits per heavy atom. The number of nitrogens with zero attached hydrogens (tertiary/aromatic N) is 6. The molecule has 0 spiro atoms. The maximum absolute atomic E-state index is 13.3. The van der Waals surface area contributed by atoms with Crippen molar-refractivity contribution < 1.29 is 22.7 Å². The van der Waals surface area contributed by atoms with Crippen LogP contribution < -0.4 is 14.2 Å². The van der Waals surface area contributed by atoms with Crippen LogP contribution in [0.3, 0.4) is 0 Å². The van der Waals surface area contributed by atoms with Gasteiger partial charge >= 0.3 is 0 Å². The first-order chi connectivity index (χ1) is 17.3. The van der Waals surface area contributed by atoms with E-state index in [1.807, 2.05) is 0 Å². The molecule has 186 valence electrons. The number of aryl methyl sites for hydroxylation is 1. The first-order valence-electron chi connectivity index (χ1n) is 10.7. The van der Waals surface area contributed by atoms with Crippen LogP contribution in [0.5, 0.6) is 11.5 Å². The fourth-order valence-electron chi connectivity index (χ4n) is 3.38. The number of anilines is 1. The number of carbonyl (C=O) groups is 1. The highest BCUT2D eigenvalue weighted by atomic mass is 32.2. The van der Waals surface area contributed by atoms with E-state index in [-0.39, 0.29) is 17.5 Å². The molecule has 4 aromatic rings. The number of hydrogen-bond donors (Lipinski definition) is 1. The third-order valence-corrected chi connectivity index (χ3v) is 6.92. The molecule has 1 aromatic carbocycles. The predicted octanol–water partition coefficient (Wildman–Crippen LogP) is 2.46. The normalized spacial score (nSPS) is 12.1. The summed E-state index contributed by atoms with van der Waals surface area (Å²) in [5.41, 5.74) is 1.44. The quantitative estimate of drug-likeness (QED) is 0.333. The molecule has 3 aromatic heterocycles. The fraction of sp³-hybridized carbons (Fsp3) is 0.217. The molecule has 0 saturated carbocycles. The van der Waals surface area contributed by atoms with Crippen LogP contribution in [0, 0.1) is 6.92 Å². The van der Waals surface area contributed by atoms with Crippen molar-refractivity contribution in [2.75, 3.05) is 18.9 Å². The van der Waals surface area contributed by atoms with Crippen molar-refractivity contribution in [1.29, 1.82) is 0 Å². The van der Waals surface area contributed by atoms with E-state index in [0.717, 1.165) is 0 Å². The van der Waals surface area contributed by atoms with E-state index in [1.54, 1.807) is 49.6 Å². The summed E-state index contributed by atoms with van der Waals surface area (Å²) >= 11 is 0. The summed E-state index contributed by atoms with van der Waals surface area (Å²) in [5, 5.41) is 6.77. The zero-order valence-electron chi connectivity index (χ0n) is 19.9. The molecule has 13 heteroatoms. The number of carbonyl (C=O) groups excluding carboxylic acids is 1. The van der Waals surface area contributed by atoms with Crippen LogP contribution in [-0.4, -0.2) is 63.4 Å². The molecule has 36 heavy (non-hydrogen) atoms. The molecule has 0 saturated heterocycles.